The largest absolute Gasteiger partial charge is 0.484 e. The van der Waals surface area contributed by atoms with Crippen molar-refractivity contribution in [2.45, 2.75) is 6.61 Å². The lowest BCUT2D eigenvalue weighted by molar-refractivity contribution is 0.0658. The Morgan fingerprint density at radius 1 is 1.14 bits per heavy atom. The van der Waals surface area contributed by atoms with E-state index in [0.717, 1.165) is 15.2 Å². The molecule has 0 fully saturated rings. The van der Waals surface area contributed by atoms with Gasteiger partial charge in [0.05, 0.1) is 4.47 Å². The Kier molecular flexibility index (Phi) is 3.66. The highest BCUT2D eigenvalue weighted by molar-refractivity contribution is 9.10. The van der Waals surface area contributed by atoms with Gasteiger partial charge in [0.25, 0.3) is 0 Å². The molecule has 0 spiro atoms. The molecule has 0 radical (unpaired) electrons. The van der Waals surface area contributed by atoms with Crippen molar-refractivity contribution in [3.63, 3.8) is 0 Å². The third-order valence-electron chi connectivity index (χ3n) is 3.07. The number of carboxylic acid groups (broad SMARTS) is 1. The number of carboxylic acids is 1. The van der Waals surface area contributed by atoms with Crippen LogP contribution in [0.2, 0.25) is 0 Å². The summed E-state index contributed by atoms with van der Waals surface area (Å²) in [5.41, 5.74) is 0. The minimum atomic E-state index is -1.09. The topological polar surface area (TPSA) is 59.7 Å². The lowest BCUT2D eigenvalue weighted by Gasteiger charge is -2.09. The SMILES string of the molecule is O=C(O)c1ccc(COc2ccc3ccccc3c2Br)o1. The number of fused-ring (bicyclic) bond motifs is 1. The zero-order valence-electron chi connectivity index (χ0n) is 10.9. The smallest absolute Gasteiger partial charge is 0.371 e. The fraction of sp³-hybridized carbons (Fsp3) is 0.0625. The van der Waals surface area contributed by atoms with Crippen molar-refractivity contribution >= 4 is 32.7 Å². The molecular weight excluding hydrogens is 336 g/mol. The van der Waals surface area contributed by atoms with Crippen LogP contribution in [0.5, 0.6) is 5.75 Å². The Hall–Kier alpha value is -2.27. The van der Waals surface area contributed by atoms with Gasteiger partial charge in [0.1, 0.15) is 18.1 Å². The molecule has 4 nitrogen and oxygen atoms in total. The van der Waals surface area contributed by atoms with Gasteiger partial charge in [-0.15, -0.1) is 0 Å². The van der Waals surface area contributed by atoms with Crippen molar-refractivity contribution in [1.29, 1.82) is 0 Å². The van der Waals surface area contributed by atoms with Gasteiger partial charge in [-0.25, -0.2) is 4.79 Å². The van der Waals surface area contributed by atoms with Crippen LogP contribution < -0.4 is 4.74 Å². The number of ether oxygens (including phenoxy) is 1. The number of carbonyl (C=O) groups is 1. The predicted molar refractivity (Wildman–Crippen MR) is 81.6 cm³/mol. The first-order valence-corrected chi connectivity index (χ1v) is 7.06. The minimum Gasteiger partial charge on any atom is -0.484 e. The quantitative estimate of drug-likeness (QED) is 0.756. The van der Waals surface area contributed by atoms with Crippen LogP contribution >= 0.6 is 15.9 Å². The van der Waals surface area contributed by atoms with Crippen LogP contribution in [0, 0.1) is 0 Å². The fourth-order valence-electron chi connectivity index (χ4n) is 2.04. The van der Waals surface area contributed by atoms with E-state index in [1.807, 2.05) is 36.4 Å². The summed E-state index contributed by atoms with van der Waals surface area (Å²) in [5, 5.41) is 11.0. The predicted octanol–water partition coefficient (Wildman–Crippen LogP) is 4.47. The first kappa shape index (κ1) is 13.7. The molecule has 0 aliphatic heterocycles. The van der Waals surface area contributed by atoms with Crippen LogP contribution in [0.15, 0.2) is 57.4 Å². The van der Waals surface area contributed by atoms with Gasteiger partial charge in [0.2, 0.25) is 5.76 Å². The molecule has 0 aliphatic rings. The second kappa shape index (κ2) is 5.61. The van der Waals surface area contributed by atoms with E-state index in [2.05, 4.69) is 15.9 Å². The number of rotatable bonds is 4. The van der Waals surface area contributed by atoms with Crippen LogP contribution in [0.25, 0.3) is 10.8 Å². The van der Waals surface area contributed by atoms with Gasteiger partial charge in [0, 0.05) is 0 Å². The summed E-state index contributed by atoms with van der Waals surface area (Å²) in [6.45, 7) is 0.171. The highest BCUT2D eigenvalue weighted by Gasteiger charge is 2.11. The molecule has 0 bridgehead atoms. The van der Waals surface area contributed by atoms with Crippen molar-refractivity contribution < 1.29 is 19.1 Å². The second-order valence-electron chi connectivity index (χ2n) is 4.46. The Morgan fingerprint density at radius 3 is 2.71 bits per heavy atom. The van der Waals surface area contributed by atoms with Gasteiger partial charge >= 0.3 is 5.97 Å². The zero-order valence-corrected chi connectivity index (χ0v) is 12.5. The summed E-state index contributed by atoms with van der Waals surface area (Å²) in [5.74, 6) is -0.0336. The molecule has 0 saturated heterocycles. The number of hydrogen-bond acceptors (Lipinski definition) is 3. The average molecular weight is 347 g/mol. The van der Waals surface area contributed by atoms with E-state index in [1.165, 1.54) is 6.07 Å². The maximum Gasteiger partial charge on any atom is 0.371 e. The molecule has 0 atom stereocenters. The highest BCUT2D eigenvalue weighted by Crippen LogP contribution is 2.33. The van der Waals surface area contributed by atoms with E-state index in [-0.39, 0.29) is 12.4 Å². The molecule has 1 aromatic heterocycles. The maximum atomic E-state index is 10.7. The van der Waals surface area contributed by atoms with Crippen LogP contribution in [0.4, 0.5) is 0 Å². The monoisotopic (exact) mass is 346 g/mol. The minimum absolute atomic E-state index is 0.0915. The Bertz CT molecular complexity index is 807. The van der Waals surface area contributed by atoms with Gasteiger partial charge < -0.3 is 14.3 Å². The standard InChI is InChI=1S/C16H11BrO4/c17-15-12-4-2-1-3-10(12)5-7-13(15)20-9-11-6-8-14(21-11)16(18)19/h1-8H,9H2,(H,18,19). The first-order chi connectivity index (χ1) is 10.1. The molecule has 3 aromatic rings. The normalized spacial score (nSPS) is 10.7. The lowest BCUT2D eigenvalue weighted by atomic mass is 10.1. The molecule has 5 heteroatoms. The summed E-state index contributed by atoms with van der Waals surface area (Å²) in [7, 11) is 0. The maximum absolute atomic E-state index is 10.7. The van der Waals surface area contributed by atoms with E-state index in [1.54, 1.807) is 6.07 Å². The molecule has 0 unspecified atom stereocenters. The third kappa shape index (κ3) is 2.78. The van der Waals surface area contributed by atoms with Crippen LogP contribution in [0.3, 0.4) is 0 Å². The molecule has 0 saturated carbocycles. The third-order valence-corrected chi connectivity index (χ3v) is 3.89. The summed E-state index contributed by atoms with van der Waals surface area (Å²) in [4.78, 5) is 10.7. The van der Waals surface area contributed by atoms with Gasteiger partial charge in [-0.2, -0.15) is 0 Å². The Morgan fingerprint density at radius 2 is 1.95 bits per heavy atom. The average Bonchev–Trinajstić information content (AvgIpc) is 2.96. The van der Waals surface area contributed by atoms with Crippen LogP contribution in [0.1, 0.15) is 16.3 Å². The van der Waals surface area contributed by atoms with Gasteiger partial charge in [-0.05, 0) is 44.9 Å². The summed E-state index contributed by atoms with van der Waals surface area (Å²) in [6.07, 6.45) is 0. The number of aromatic carboxylic acids is 1. The van der Waals surface area contributed by atoms with E-state index in [9.17, 15) is 4.79 Å². The molecule has 106 valence electrons. The molecule has 1 N–H and O–H groups in total. The van der Waals surface area contributed by atoms with E-state index in [4.69, 9.17) is 14.3 Å². The molecular formula is C16H11BrO4. The fourth-order valence-corrected chi connectivity index (χ4v) is 2.65. The number of hydrogen-bond donors (Lipinski definition) is 1. The molecule has 0 aliphatic carbocycles. The van der Waals surface area contributed by atoms with Crippen molar-refractivity contribution in [3.05, 3.63) is 64.5 Å². The number of furan rings is 1. The molecule has 3 rings (SSSR count). The first-order valence-electron chi connectivity index (χ1n) is 6.27. The van der Waals surface area contributed by atoms with Crippen molar-refractivity contribution in [2.24, 2.45) is 0 Å². The number of halogens is 1. The van der Waals surface area contributed by atoms with Crippen LogP contribution in [-0.4, -0.2) is 11.1 Å². The van der Waals surface area contributed by atoms with Gasteiger partial charge in [-0.3, -0.25) is 0 Å². The molecule has 0 amide bonds. The summed E-state index contributed by atoms with van der Waals surface area (Å²) >= 11 is 3.53. The van der Waals surface area contributed by atoms with Crippen molar-refractivity contribution in [3.8, 4) is 5.75 Å². The molecule has 21 heavy (non-hydrogen) atoms. The Balaban J connectivity index is 1.81. The summed E-state index contributed by atoms with van der Waals surface area (Å²) in [6, 6.07) is 14.8. The van der Waals surface area contributed by atoms with Gasteiger partial charge in [0.15, 0.2) is 0 Å². The van der Waals surface area contributed by atoms with E-state index < -0.39 is 5.97 Å². The van der Waals surface area contributed by atoms with E-state index in [0.29, 0.717) is 11.5 Å². The zero-order chi connectivity index (χ0) is 14.8. The molecule has 2 aromatic carbocycles. The number of benzene rings is 2. The Labute approximate surface area is 129 Å². The second-order valence-corrected chi connectivity index (χ2v) is 5.25. The van der Waals surface area contributed by atoms with E-state index >= 15 is 0 Å². The van der Waals surface area contributed by atoms with Gasteiger partial charge in [-0.1, -0.05) is 30.3 Å². The van der Waals surface area contributed by atoms with Crippen molar-refractivity contribution in [2.75, 3.05) is 0 Å². The lowest BCUT2D eigenvalue weighted by Crippen LogP contribution is -1.96. The highest BCUT2D eigenvalue weighted by atomic mass is 79.9. The van der Waals surface area contributed by atoms with Crippen LogP contribution in [-0.2, 0) is 6.61 Å². The molecule has 1 heterocycles. The van der Waals surface area contributed by atoms with Crippen molar-refractivity contribution in [1.82, 2.24) is 0 Å². The summed E-state index contributed by atoms with van der Waals surface area (Å²) < 4.78 is 11.7.